The van der Waals surface area contributed by atoms with Crippen LogP contribution in [0.5, 0.6) is 0 Å². The summed E-state index contributed by atoms with van der Waals surface area (Å²) in [5, 5.41) is 1.64. The van der Waals surface area contributed by atoms with Gasteiger partial charge in [-0.05, 0) is 13.8 Å². The molecule has 0 aliphatic rings. The maximum atomic E-state index is 11.4. The van der Waals surface area contributed by atoms with Crippen LogP contribution in [0.25, 0.3) is 0 Å². The van der Waals surface area contributed by atoms with Crippen molar-refractivity contribution in [2.45, 2.75) is 25.6 Å². The van der Waals surface area contributed by atoms with E-state index in [1.54, 1.807) is 19.2 Å². The van der Waals surface area contributed by atoms with E-state index in [0.29, 0.717) is 17.4 Å². The highest BCUT2D eigenvalue weighted by Gasteiger charge is 2.16. The molecular formula is C7H13N3O2S2. The molecule has 0 saturated heterocycles. The van der Waals surface area contributed by atoms with E-state index < -0.39 is 15.3 Å². The van der Waals surface area contributed by atoms with Gasteiger partial charge in [-0.1, -0.05) is 0 Å². The fourth-order valence-electron chi connectivity index (χ4n) is 0.687. The van der Waals surface area contributed by atoms with Crippen LogP contribution in [0.3, 0.4) is 0 Å². The third kappa shape index (κ3) is 2.66. The summed E-state index contributed by atoms with van der Waals surface area (Å²) in [6, 6.07) is 0. The minimum Gasteiger partial charge on any atom is -0.325 e. The number of nitrogens with zero attached hydrogens (tertiary/aromatic N) is 1. The minimum atomic E-state index is -3.29. The van der Waals surface area contributed by atoms with Gasteiger partial charge in [-0.2, -0.15) is 0 Å². The molecule has 80 valence electrons. The van der Waals surface area contributed by atoms with E-state index in [-0.39, 0.29) is 0 Å². The zero-order valence-corrected chi connectivity index (χ0v) is 9.65. The van der Waals surface area contributed by atoms with Crippen LogP contribution in [0.1, 0.15) is 19.5 Å². The molecule has 0 aromatic carbocycles. The van der Waals surface area contributed by atoms with Gasteiger partial charge in [-0.15, -0.1) is 11.3 Å². The number of nitrogens with one attached hydrogen (secondary N) is 1. The number of hydrogen-bond acceptors (Lipinski definition) is 5. The fourth-order valence-corrected chi connectivity index (χ4v) is 2.32. The molecule has 0 radical (unpaired) electrons. The van der Waals surface area contributed by atoms with Crippen molar-refractivity contribution in [1.29, 1.82) is 0 Å². The molecule has 0 spiro atoms. The molecule has 0 amide bonds. The first-order valence-electron chi connectivity index (χ1n) is 4.12. The van der Waals surface area contributed by atoms with Crippen LogP contribution < -0.4 is 10.5 Å². The highest BCUT2D eigenvalue weighted by atomic mass is 32.2. The molecule has 0 fully saturated rings. The Kier molecular flexibility index (Phi) is 3.46. The SMILES string of the molecule is CC(C)S(=O)(=O)Nc1nc(CN)cs1. The van der Waals surface area contributed by atoms with Gasteiger partial charge in [0.1, 0.15) is 0 Å². The summed E-state index contributed by atoms with van der Waals surface area (Å²) in [4.78, 5) is 4.00. The van der Waals surface area contributed by atoms with Crippen molar-refractivity contribution >= 4 is 26.5 Å². The number of thiazole rings is 1. The van der Waals surface area contributed by atoms with Crippen molar-refractivity contribution in [2.24, 2.45) is 5.73 Å². The quantitative estimate of drug-likeness (QED) is 0.806. The molecule has 1 aromatic rings. The Morgan fingerprint density at radius 3 is 2.71 bits per heavy atom. The topological polar surface area (TPSA) is 85.1 Å². The Labute approximate surface area is 87.4 Å². The Morgan fingerprint density at radius 2 is 2.29 bits per heavy atom. The van der Waals surface area contributed by atoms with Crippen molar-refractivity contribution in [3.05, 3.63) is 11.1 Å². The summed E-state index contributed by atoms with van der Waals surface area (Å²) in [5.74, 6) is 0. The van der Waals surface area contributed by atoms with Crippen molar-refractivity contribution in [1.82, 2.24) is 4.98 Å². The van der Waals surface area contributed by atoms with Crippen LogP contribution in [-0.4, -0.2) is 18.7 Å². The van der Waals surface area contributed by atoms with Crippen molar-refractivity contribution in [2.75, 3.05) is 4.72 Å². The molecule has 0 bridgehead atoms. The van der Waals surface area contributed by atoms with Gasteiger partial charge in [0, 0.05) is 11.9 Å². The molecule has 0 aliphatic heterocycles. The zero-order valence-electron chi connectivity index (χ0n) is 8.02. The number of anilines is 1. The van der Waals surface area contributed by atoms with E-state index in [9.17, 15) is 8.42 Å². The lowest BCUT2D eigenvalue weighted by Crippen LogP contribution is -2.22. The number of hydrogen-bond donors (Lipinski definition) is 2. The molecule has 1 heterocycles. The zero-order chi connectivity index (χ0) is 10.8. The normalized spacial score (nSPS) is 12.0. The Morgan fingerprint density at radius 1 is 1.64 bits per heavy atom. The van der Waals surface area contributed by atoms with Gasteiger partial charge in [0.05, 0.1) is 10.9 Å². The minimum absolute atomic E-state index is 0.319. The van der Waals surface area contributed by atoms with Crippen LogP contribution in [-0.2, 0) is 16.6 Å². The second kappa shape index (κ2) is 4.24. The smallest absolute Gasteiger partial charge is 0.236 e. The predicted octanol–water partition coefficient (Wildman–Crippen LogP) is 0.752. The average Bonchev–Trinajstić information content (AvgIpc) is 2.51. The maximum Gasteiger partial charge on any atom is 0.236 e. The second-order valence-electron chi connectivity index (χ2n) is 3.04. The molecule has 0 aliphatic carbocycles. The van der Waals surface area contributed by atoms with Gasteiger partial charge in [-0.3, -0.25) is 4.72 Å². The molecule has 1 aromatic heterocycles. The van der Waals surface area contributed by atoms with Gasteiger partial charge >= 0.3 is 0 Å². The summed E-state index contributed by atoms with van der Waals surface area (Å²) in [5.41, 5.74) is 6.04. The lowest BCUT2D eigenvalue weighted by Gasteiger charge is -2.07. The molecule has 3 N–H and O–H groups in total. The molecular weight excluding hydrogens is 222 g/mol. The van der Waals surface area contributed by atoms with Crippen LogP contribution >= 0.6 is 11.3 Å². The molecule has 0 atom stereocenters. The van der Waals surface area contributed by atoms with Crippen LogP contribution in [0, 0.1) is 0 Å². The van der Waals surface area contributed by atoms with Crippen LogP contribution in [0.15, 0.2) is 5.38 Å². The van der Waals surface area contributed by atoms with Crippen molar-refractivity contribution < 1.29 is 8.42 Å². The summed E-state index contributed by atoms with van der Waals surface area (Å²) >= 11 is 1.24. The third-order valence-electron chi connectivity index (χ3n) is 1.61. The largest absolute Gasteiger partial charge is 0.325 e. The van der Waals surface area contributed by atoms with E-state index in [4.69, 9.17) is 5.73 Å². The average molecular weight is 235 g/mol. The third-order valence-corrected chi connectivity index (χ3v) is 4.27. The Bertz CT molecular complexity index is 397. The van der Waals surface area contributed by atoms with Gasteiger partial charge in [0.25, 0.3) is 0 Å². The molecule has 14 heavy (non-hydrogen) atoms. The monoisotopic (exact) mass is 235 g/mol. The van der Waals surface area contributed by atoms with Gasteiger partial charge in [-0.25, -0.2) is 13.4 Å². The van der Waals surface area contributed by atoms with E-state index in [1.807, 2.05) is 0 Å². The number of nitrogens with two attached hydrogens (primary N) is 1. The molecule has 0 saturated carbocycles. The number of rotatable bonds is 4. The Balaban J connectivity index is 2.79. The first-order valence-corrected chi connectivity index (χ1v) is 6.54. The van der Waals surface area contributed by atoms with Crippen LogP contribution in [0.2, 0.25) is 0 Å². The number of aromatic nitrogens is 1. The summed E-state index contributed by atoms with van der Waals surface area (Å²) in [6.45, 7) is 3.54. The van der Waals surface area contributed by atoms with Crippen molar-refractivity contribution in [3.8, 4) is 0 Å². The second-order valence-corrected chi connectivity index (χ2v) is 6.14. The summed E-state index contributed by atoms with van der Waals surface area (Å²) in [6.07, 6.45) is 0. The van der Waals surface area contributed by atoms with Gasteiger partial charge in [0.2, 0.25) is 10.0 Å². The highest BCUT2D eigenvalue weighted by Crippen LogP contribution is 2.17. The summed E-state index contributed by atoms with van der Waals surface area (Å²) in [7, 11) is -3.29. The Hall–Kier alpha value is -0.660. The standard InChI is InChI=1S/C7H13N3O2S2/c1-5(2)14(11,12)10-7-9-6(3-8)4-13-7/h4-5H,3,8H2,1-2H3,(H,9,10). The number of sulfonamides is 1. The summed E-state index contributed by atoms with van der Waals surface area (Å²) < 4.78 is 25.2. The maximum absolute atomic E-state index is 11.4. The van der Waals surface area contributed by atoms with Gasteiger partial charge < -0.3 is 5.73 Å². The lowest BCUT2D eigenvalue weighted by molar-refractivity contribution is 0.592. The van der Waals surface area contributed by atoms with E-state index in [2.05, 4.69) is 9.71 Å². The lowest BCUT2D eigenvalue weighted by atomic mass is 10.5. The van der Waals surface area contributed by atoms with E-state index >= 15 is 0 Å². The molecule has 7 heteroatoms. The van der Waals surface area contributed by atoms with Gasteiger partial charge in [0.15, 0.2) is 5.13 Å². The van der Waals surface area contributed by atoms with Crippen LogP contribution in [0.4, 0.5) is 5.13 Å². The first kappa shape index (κ1) is 11.4. The highest BCUT2D eigenvalue weighted by molar-refractivity contribution is 7.93. The van der Waals surface area contributed by atoms with Crippen molar-refractivity contribution in [3.63, 3.8) is 0 Å². The fraction of sp³-hybridized carbons (Fsp3) is 0.571. The van der Waals surface area contributed by atoms with E-state index in [1.165, 1.54) is 11.3 Å². The molecule has 1 rings (SSSR count). The molecule has 0 unspecified atom stereocenters. The first-order chi connectivity index (χ1) is 6.45. The predicted molar refractivity (Wildman–Crippen MR) is 57.7 cm³/mol. The van der Waals surface area contributed by atoms with E-state index in [0.717, 1.165) is 0 Å². The molecule has 5 nitrogen and oxygen atoms in total.